The molecule has 0 aliphatic heterocycles. The topological polar surface area (TPSA) is 60.0 Å². The Kier molecular flexibility index (Phi) is 3.35. The summed E-state index contributed by atoms with van der Waals surface area (Å²) in [6.45, 7) is 0.920. The molecule has 0 bridgehead atoms. The average Bonchev–Trinajstić information content (AvgIpc) is 2.53. The minimum atomic E-state index is -0.00815. The van der Waals surface area contributed by atoms with Crippen molar-refractivity contribution in [3.63, 3.8) is 0 Å². The SMILES string of the molecule is NCNC(=O)CCn1cccc1. The zero-order valence-corrected chi connectivity index (χ0v) is 6.86. The quantitative estimate of drug-likeness (QED) is 0.616. The third kappa shape index (κ3) is 2.75. The fraction of sp³-hybridized carbons (Fsp3) is 0.375. The second kappa shape index (κ2) is 4.56. The summed E-state index contributed by atoms with van der Waals surface area (Å²) in [6.07, 6.45) is 4.33. The van der Waals surface area contributed by atoms with Gasteiger partial charge in [-0.15, -0.1) is 0 Å². The number of carbonyl (C=O) groups excluding carboxylic acids is 1. The van der Waals surface area contributed by atoms with Gasteiger partial charge in [-0.25, -0.2) is 0 Å². The van der Waals surface area contributed by atoms with Crippen LogP contribution in [0.15, 0.2) is 24.5 Å². The molecule has 0 aliphatic rings. The lowest BCUT2D eigenvalue weighted by molar-refractivity contribution is -0.121. The van der Waals surface area contributed by atoms with Crippen LogP contribution in [0.5, 0.6) is 0 Å². The third-order valence-corrected chi connectivity index (χ3v) is 1.56. The van der Waals surface area contributed by atoms with Gasteiger partial charge < -0.3 is 15.6 Å². The summed E-state index contributed by atoms with van der Waals surface area (Å²) in [4.78, 5) is 10.9. The fourth-order valence-electron chi connectivity index (χ4n) is 0.952. The van der Waals surface area contributed by atoms with Crippen molar-refractivity contribution >= 4 is 5.91 Å². The standard InChI is InChI=1S/C8H13N3O/c9-7-10-8(12)3-6-11-4-1-2-5-11/h1-2,4-5H,3,6-7,9H2,(H,10,12). The Labute approximate surface area is 71.4 Å². The maximum Gasteiger partial charge on any atom is 0.222 e. The molecule has 1 aromatic rings. The summed E-state index contributed by atoms with van der Waals surface area (Å²) in [6, 6.07) is 3.86. The van der Waals surface area contributed by atoms with Crippen molar-refractivity contribution in [2.75, 3.05) is 6.67 Å². The Hall–Kier alpha value is -1.29. The van der Waals surface area contributed by atoms with Crippen LogP contribution in [0.25, 0.3) is 0 Å². The molecule has 0 spiro atoms. The minimum Gasteiger partial charge on any atom is -0.354 e. The Bertz CT molecular complexity index is 230. The number of hydrogen-bond donors (Lipinski definition) is 2. The molecule has 0 radical (unpaired) electrons. The molecule has 0 saturated heterocycles. The first kappa shape index (κ1) is 8.80. The molecule has 4 nitrogen and oxygen atoms in total. The summed E-state index contributed by atoms with van der Waals surface area (Å²) in [5.74, 6) is -0.00815. The van der Waals surface area contributed by atoms with Crippen molar-refractivity contribution in [2.45, 2.75) is 13.0 Å². The molecule has 0 saturated carbocycles. The first-order valence-corrected chi connectivity index (χ1v) is 3.90. The van der Waals surface area contributed by atoms with E-state index in [4.69, 9.17) is 5.73 Å². The Morgan fingerprint density at radius 1 is 1.42 bits per heavy atom. The first-order chi connectivity index (χ1) is 5.83. The molecule has 4 heteroatoms. The molecule has 1 heterocycles. The first-order valence-electron chi connectivity index (χ1n) is 3.90. The van der Waals surface area contributed by atoms with E-state index in [1.807, 2.05) is 29.1 Å². The van der Waals surface area contributed by atoms with Gasteiger partial charge in [-0.05, 0) is 12.1 Å². The van der Waals surface area contributed by atoms with Crippen LogP contribution in [-0.4, -0.2) is 17.1 Å². The van der Waals surface area contributed by atoms with E-state index in [0.29, 0.717) is 13.0 Å². The highest BCUT2D eigenvalue weighted by Crippen LogP contribution is 1.92. The predicted octanol–water partition coefficient (Wildman–Crippen LogP) is -0.0894. The van der Waals surface area contributed by atoms with Gasteiger partial charge in [0.2, 0.25) is 5.91 Å². The molecule has 1 rings (SSSR count). The number of nitrogens with one attached hydrogen (secondary N) is 1. The number of carbonyl (C=O) groups is 1. The number of rotatable bonds is 4. The minimum absolute atomic E-state index is 0.00815. The van der Waals surface area contributed by atoms with Crippen LogP contribution in [0.1, 0.15) is 6.42 Å². The van der Waals surface area contributed by atoms with E-state index in [1.165, 1.54) is 0 Å². The van der Waals surface area contributed by atoms with Gasteiger partial charge in [-0.2, -0.15) is 0 Å². The molecule has 3 N–H and O–H groups in total. The summed E-state index contributed by atoms with van der Waals surface area (Å²) in [5, 5.41) is 2.53. The zero-order valence-electron chi connectivity index (χ0n) is 6.86. The maximum atomic E-state index is 10.9. The molecule has 0 unspecified atom stereocenters. The van der Waals surface area contributed by atoms with Crippen LogP contribution < -0.4 is 11.1 Å². The monoisotopic (exact) mass is 167 g/mol. The van der Waals surface area contributed by atoms with E-state index >= 15 is 0 Å². The lowest BCUT2D eigenvalue weighted by Crippen LogP contribution is -2.29. The number of amides is 1. The molecule has 0 aliphatic carbocycles. The van der Waals surface area contributed by atoms with Gasteiger partial charge in [0.15, 0.2) is 0 Å². The smallest absolute Gasteiger partial charge is 0.222 e. The van der Waals surface area contributed by atoms with Crippen LogP contribution in [0.3, 0.4) is 0 Å². The molecule has 12 heavy (non-hydrogen) atoms. The average molecular weight is 167 g/mol. The fourth-order valence-corrected chi connectivity index (χ4v) is 0.952. The Balaban J connectivity index is 2.22. The Morgan fingerprint density at radius 2 is 2.08 bits per heavy atom. The van der Waals surface area contributed by atoms with Crippen molar-refractivity contribution in [3.05, 3.63) is 24.5 Å². The highest BCUT2D eigenvalue weighted by molar-refractivity contribution is 5.75. The van der Waals surface area contributed by atoms with Gasteiger partial charge in [0, 0.05) is 25.4 Å². The molecule has 0 aromatic carbocycles. The van der Waals surface area contributed by atoms with Crippen molar-refractivity contribution in [3.8, 4) is 0 Å². The summed E-state index contributed by atoms with van der Waals surface area (Å²) < 4.78 is 1.95. The number of hydrogen-bond acceptors (Lipinski definition) is 2. The third-order valence-electron chi connectivity index (χ3n) is 1.56. The van der Waals surface area contributed by atoms with Crippen molar-refractivity contribution < 1.29 is 4.79 Å². The van der Waals surface area contributed by atoms with Crippen LogP contribution in [0, 0.1) is 0 Å². The van der Waals surface area contributed by atoms with E-state index in [1.54, 1.807) is 0 Å². The number of nitrogens with zero attached hydrogens (tertiary/aromatic N) is 1. The predicted molar refractivity (Wildman–Crippen MR) is 46.2 cm³/mol. The lowest BCUT2D eigenvalue weighted by atomic mass is 10.4. The van der Waals surface area contributed by atoms with E-state index < -0.39 is 0 Å². The van der Waals surface area contributed by atoms with Gasteiger partial charge in [-0.1, -0.05) is 0 Å². The second-order valence-corrected chi connectivity index (χ2v) is 2.47. The normalized spacial score (nSPS) is 9.75. The largest absolute Gasteiger partial charge is 0.354 e. The van der Waals surface area contributed by atoms with Gasteiger partial charge in [-0.3, -0.25) is 4.79 Å². The lowest BCUT2D eigenvalue weighted by Gasteiger charge is -2.02. The summed E-state index contributed by atoms with van der Waals surface area (Å²) in [5.41, 5.74) is 5.14. The summed E-state index contributed by atoms with van der Waals surface area (Å²) >= 11 is 0. The van der Waals surface area contributed by atoms with E-state index in [-0.39, 0.29) is 12.6 Å². The van der Waals surface area contributed by atoms with E-state index in [9.17, 15) is 4.79 Å². The number of aromatic nitrogens is 1. The number of nitrogens with two attached hydrogens (primary N) is 1. The molecule has 1 aromatic heterocycles. The van der Waals surface area contributed by atoms with Crippen LogP contribution in [0.4, 0.5) is 0 Å². The van der Waals surface area contributed by atoms with Gasteiger partial charge in [0.05, 0.1) is 6.67 Å². The van der Waals surface area contributed by atoms with Gasteiger partial charge in [0.25, 0.3) is 0 Å². The van der Waals surface area contributed by atoms with Crippen LogP contribution in [-0.2, 0) is 11.3 Å². The maximum absolute atomic E-state index is 10.9. The highest BCUT2D eigenvalue weighted by Gasteiger charge is 1.97. The second-order valence-electron chi connectivity index (χ2n) is 2.47. The molecule has 66 valence electrons. The zero-order chi connectivity index (χ0) is 8.81. The molecule has 1 amide bonds. The van der Waals surface area contributed by atoms with Crippen LogP contribution >= 0.6 is 0 Å². The van der Waals surface area contributed by atoms with Gasteiger partial charge in [0.1, 0.15) is 0 Å². The molecular formula is C8H13N3O. The van der Waals surface area contributed by atoms with E-state index in [0.717, 1.165) is 0 Å². The number of aryl methyl sites for hydroxylation is 1. The highest BCUT2D eigenvalue weighted by atomic mass is 16.1. The van der Waals surface area contributed by atoms with Gasteiger partial charge >= 0.3 is 0 Å². The summed E-state index contributed by atoms with van der Waals surface area (Å²) in [7, 11) is 0. The molecule has 0 atom stereocenters. The van der Waals surface area contributed by atoms with Crippen molar-refractivity contribution in [2.24, 2.45) is 5.73 Å². The Morgan fingerprint density at radius 3 is 2.67 bits per heavy atom. The molecule has 0 fully saturated rings. The van der Waals surface area contributed by atoms with E-state index in [2.05, 4.69) is 5.32 Å². The van der Waals surface area contributed by atoms with Crippen molar-refractivity contribution in [1.82, 2.24) is 9.88 Å². The van der Waals surface area contributed by atoms with Crippen molar-refractivity contribution in [1.29, 1.82) is 0 Å². The van der Waals surface area contributed by atoms with Crippen LogP contribution in [0.2, 0.25) is 0 Å². The molecular weight excluding hydrogens is 154 g/mol.